The number of hydrogen-bond donors (Lipinski definition) is 2. The Labute approximate surface area is 315 Å². The summed E-state index contributed by atoms with van der Waals surface area (Å²) in [6.07, 6.45) is 4.25. The number of aromatic nitrogens is 4. The maximum atomic E-state index is 14.8. The molecular weight excluding hydrogens is 717 g/mol. The van der Waals surface area contributed by atoms with E-state index in [1.807, 2.05) is 18.2 Å². The van der Waals surface area contributed by atoms with E-state index in [-0.39, 0.29) is 30.8 Å². The molecule has 5 heterocycles. The summed E-state index contributed by atoms with van der Waals surface area (Å²) in [4.78, 5) is 47.7. The Kier molecular flexibility index (Phi) is 8.45. The Hall–Kier alpha value is -5.04. The smallest absolute Gasteiger partial charge is 0.434 e. The van der Waals surface area contributed by atoms with E-state index in [4.69, 9.17) is 9.47 Å². The van der Waals surface area contributed by atoms with Crippen LogP contribution in [-0.2, 0) is 21.1 Å². The highest BCUT2D eigenvalue weighted by Gasteiger charge is 2.66. The third-order valence-electron chi connectivity index (χ3n) is 13.2. The van der Waals surface area contributed by atoms with E-state index in [1.54, 1.807) is 23.4 Å². The number of nitrogens with one attached hydrogen (secondary N) is 1. The van der Waals surface area contributed by atoms with Crippen LogP contribution in [0.25, 0.3) is 0 Å². The Bertz CT molecular complexity index is 2030. The van der Waals surface area contributed by atoms with Crippen molar-refractivity contribution in [2.45, 2.75) is 81.0 Å². The number of benzene rings is 1. The molecule has 55 heavy (non-hydrogen) atoms. The number of piperidine rings is 1. The molecule has 3 aromatic rings. The van der Waals surface area contributed by atoms with E-state index in [0.29, 0.717) is 69.2 Å². The van der Waals surface area contributed by atoms with Crippen LogP contribution in [0.15, 0.2) is 42.9 Å². The second-order valence-electron chi connectivity index (χ2n) is 16.3. The van der Waals surface area contributed by atoms with Gasteiger partial charge in [0.15, 0.2) is 5.69 Å². The first-order chi connectivity index (χ1) is 26.4. The first kappa shape index (κ1) is 35.6. The molecule has 2 aromatic heterocycles. The maximum absolute atomic E-state index is 14.8. The first-order valence-electron chi connectivity index (χ1n) is 19.0. The molecular formula is C39H41F3N8O5. The van der Waals surface area contributed by atoms with Crippen molar-refractivity contribution in [1.29, 1.82) is 5.26 Å². The molecule has 13 nitrogen and oxygen atoms in total. The number of carbonyl (C=O) groups is 2. The number of aliphatic carboxylic acids is 1. The minimum Gasteiger partial charge on any atom is -0.490 e. The predicted molar refractivity (Wildman–Crippen MR) is 190 cm³/mol. The number of alkyl halides is 3. The number of fused-ring (bicyclic) bond motifs is 2. The number of ether oxygens (including phenoxy) is 2. The third-order valence-corrected chi connectivity index (χ3v) is 13.2. The number of nitriles is 1. The lowest BCUT2D eigenvalue weighted by molar-refractivity contribution is -0.167. The molecule has 4 aliphatic carbocycles. The lowest BCUT2D eigenvalue weighted by Crippen LogP contribution is -2.71. The highest BCUT2D eigenvalue weighted by atomic mass is 19.4. The van der Waals surface area contributed by atoms with Gasteiger partial charge in [-0.3, -0.25) is 4.79 Å². The number of carboxylic acid groups (broad SMARTS) is 1. The molecule has 288 valence electrons. The average Bonchev–Trinajstić information content (AvgIpc) is 3.48. The SMILES string of the molecule is N#CC12CC3C[C@H](C1)C(NC(=O)c1cnc(N4CC5(CCOCC5)c5cc(OC6CCN(c7ncccn7)CC6)ccc54)nc1C(F)(F)F)(C(=O)O)[C@@H](C3)C2. The van der Waals surface area contributed by atoms with Crippen LogP contribution in [0.1, 0.15) is 79.4 Å². The van der Waals surface area contributed by atoms with Crippen LogP contribution >= 0.6 is 0 Å². The Morgan fingerprint density at radius 1 is 1.02 bits per heavy atom. The van der Waals surface area contributed by atoms with Gasteiger partial charge in [0.05, 0.1) is 17.0 Å². The molecule has 1 amide bonds. The molecule has 3 unspecified atom stereocenters. The van der Waals surface area contributed by atoms with E-state index in [9.17, 15) is 33.1 Å². The van der Waals surface area contributed by atoms with E-state index < -0.39 is 57.5 Å². The Balaban J connectivity index is 0.991. The molecule has 1 aromatic carbocycles. The normalized spacial score (nSPS) is 29.5. The Morgan fingerprint density at radius 3 is 2.38 bits per heavy atom. The van der Waals surface area contributed by atoms with Gasteiger partial charge >= 0.3 is 12.1 Å². The quantitative estimate of drug-likeness (QED) is 0.314. The number of hydrogen-bond acceptors (Lipinski definition) is 11. The van der Waals surface area contributed by atoms with Gasteiger partial charge in [0, 0.05) is 75.4 Å². The molecule has 2 N–H and O–H groups in total. The summed E-state index contributed by atoms with van der Waals surface area (Å²) >= 11 is 0. The number of amides is 1. The standard InChI is InChI=1S/C39H41F3N8O5/c40-39(41,42)31-28(32(51)48-38(33(52)53)24-14-23-15-25(38)19-36(17-23,18-24)21-43)20-46-35(47-31)50-22-37(6-12-54-13-7-37)29-16-27(2-3-30(29)50)55-26-4-10-49(11-5-26)34-44-8-1-9-45-34/h1-3,8-9,16,20,23-26H,4-7,10-15,17-19,22H2,(H,48,51)(H,52,53)/t23?,24-,25+,36?,38?. The van der Waals surface area contributed by atoms with Crippen molar-refractivity contribution < 1.29 is 37.3 Å². The van der Waals surface area contributed by atoms with Gasteiger partial charge in [-0.05, 0) is 92.5 Å². The summed E-state index contributed by atoms with van der Waals surface area (Å²) in [6.45, 7) is 2.75. The van der Waals surface area contributed by atoms with Gasteiger partial charge in [-0.2, -0.15) is 18.4 Å². The topological polar surface area (TPSA) is 167 Å². The number of rotatable bonds is 7. The van der Waals surface area contributed by atoms with Crippen LogP contribution in [0.3, 0.4) is 0 Å². The largest absolute Gasteiger partial charge is 0.490 e. The second kappa shape index (κ2) is 13.0. The van der Waals surface area contributed by atoms with Crippen LogP contribution < -0.4 is 19.9 Å². The number of carboxylic acids is 1. The van der Waals surface area contributed by atoms with Gasteiger partial charge < -0.3 is 29.7 Å². The fourth-order valence-electron chi connectivity index (χ4n) is 10.8. The van der Waals surface area contributed by atoms with Crippen molar-refractivity contribution in [2.75, 3.05) is 42.6 Å². The van der Waals surface area contributed by atoms with E-state index in [1.165, 1.54) is 0 Å². The summed E-state index contributed by atoms with van der Waals surface area (Å²) in [5.74, 6) is -2.34. The van der Waals surface area contributed by atoms with Gasteiger partial charge in [-0.25, -0.2) is 24.7 Å². The molecule has 10 rings (SSSR count). The van der Waals surface area contributed by atoms with Gasteiger partial charge in [0.2, 0.25) is 11.9 Å². The van der Waals surface area contributed by atoms with Gasteiger partial charge in [0.1, 0.15) is 17.4 Å². The lowest BCUT2D eigenvalue weighted by atomic mass is 9.44. The van der Waals surface area contributed by atoms with Crippen molar-refractivity contribution in [3.8, 4) is 11.8 Å². The van der Waals surface area contributed by atoms with E-state index in [0.717, 1.165) is 37.7 Å². The molecule has 2 saturated heterocycles. The predicted octanol–water partition coefficient (Wildman–Crippen LogP) is 5.44. The molecule has 6 fully saturated rings. The van der Waals surface area contributed by atoms with Gasteiger partial charge in [0.25, 0.3) is 5.91 Å². The molecule has 7 aliphatic rings. The van der Waals surface area contributed by atoms with Crippen molar-refractivity contribution >= 4 is 29.5 Å². The summed E-state index contributed by atoms with van der Waals surface area (Å²) < 4.78 is 56.7. The number of carbonyl (C=O) groups excluding carboxylic acids is 1. The minimum atomic E-state index is -5.05. The Morgan fingerprint density at radius 2 is 1.73 bits per heavy atom. The zero-order chi connectivity index (χ0) is 38.2. The van der Waals surface area contributed by atoms with Crippen molar-refractivity contribution in [1.82, 2.24) is 25.3 Å². The minimum absolute atomic E-state index is 0.0378. The summed E-state index contributed by atoms with van der Waals surface area (Å²) in [6, 6.07) is 9.80. The van der Waals surface area contributed by atoms with E-state index in [2.05, 4.69) is 36.2 Å². The van der Waals surface area contributed by atoms with Crippen LogP contribution in [0.2, 0.25) is 0 Å². The van der Waals surface area contributed by atoms with Gasteiger partial charge in [-0.1, -0.05) is 0 Å². The first-order valence-corrected chi connectivity index (χ1v) is 19.0. The fourth-order valence-corrected chi connectivity index (χ4v) is 10.8. The number of anilines is 3. The molecule has 4 saturated carbocycles. The molecule has 5 atom stereocenters. The lowest BCUT2D eigenvalue weighted by Gasteiger charge is -2.61. The zero-order valence-corrected chi connectivity index (χ0v) is 30.1. The molecule has 16 heteroatoms. The third kappa shape index (κ3) is 5.93. The number of nitrogens with zero attached hydrogens (tertiary/aromatic N) is 7. The zero-order valence-electron chi connectivity index (χ0n) is 30.1. The summed E-state index contributed by atoms with van der Waals surface area (Å²) in [7, 11) is 0. The second-order valence-corrected chi connectivity index (χ2v) is 16.3. The molecule has 4 bridgehead atoms. The van der Waals surface area contributed by atoms with Crippen LogP contribution in [0.4, 0.5) is 30.8 Å². The summed E-state index contributed by atoms with van der Waals surface area (Å²) in [5.41, 5.74) is -3.61. The van der Waals surface area contributed by atoms with E-state index >= 15 is 0 Å². The number of halogens is 3. The monoisotopic (exact) mass is 758 g/mol. The van der Waals surface area contributed by atoms with Crippen LogP contribution in [-0.4, -0.2) is 81.4 Å². The van der Waals surface area contributed by atoms with Crippen molar-refractivity contribution in [3.63, 3.8) is 0 Å². The summed E-state index contributed by atoms with van der Waals surface area (Å²) in [5, 5.41) is 23.1. The maximum Gasteiger partial charge on any atom is 0.434 e. The van der Waals surface area contributed by atoms with Crippen LogP contribution in [0, 0.1) is 34.5 Å². The van der Waals surface area contributed by atoms with Crippen molar-refractivity contribution in [3.05, 3.63) is 59.7 Å². The van der Waals surface area contributed by atoms with Crippen LogP contribution in [0.5, 0.6) is 5.75 Å². The molecule has 1 spiro atoms. The average molecular weight is 759 g/mol. The highest BCUT2D eigenvalue weighted by Crippen LogP contribution is 2.63. The highest BCUT2D eigenvalue weighted by molar-refractivity contribution is 5.99. The fraction of sp³-hybridized carbons (Fsp3) is 0.564. The molecule has 0 radical (unpaired) electrons. The van der Waals surface area contributed by atoms with Gasteiger partial charge in [-0.15, -0.1) is 0 Å². The van der Waals surface area contributed by atoms with Crippen molar-refractivity contribution in [2.24, 2.45) is 23.2 Å². The molecule has 3 aliphatic heterocycles.